The second-order valence-electron chi connectivity index (χ2n) is 6.39. The van der Waals surface area contributed by atoms with Gasteiger partial charge in [-0.25, -0.2) is 0 Å². The summed E-state index contributed by atoms with van der Waals surface area (Å²) in [5.41, 5.74) is 5.50. The van der Waals surface area contributed by atoms with Crippen LogP contribution >= 0.6 is 0 Å². The van der Waals surface area contributed by atoms with E-state index < -0.39 is 0 Å². The van der Waals surface area contributed by atoms with Gasteiger partial charge in [-0.05, 0) is 62.6 Å². The summed E-state index contributed by atoms with van der Waals surface area (Å²) in [5.74, 6) is 1.36. The predicted molar refractivity (Wildman–Crippen MR) is 90.5 cm³/mol. The Balaban J connectivity index is 1.78. The molecule has 0 saturated carbocycles. The number of hydrogen-bond donors (Lipinski definition) is 1. The van der Waals surface area contributed by atoms with Crippen LogP contribution in [-0.2, 0) is 0 Å². The van der Waals surface area contributed by atoms with E-state index in [4.69, 9.17) is 5.10 Å². The van der Waals surface area contributed by atoms with Crippen LogP contribution < -0.4 is 5.32 Å². The highest BCUT2D eigenvalue weighted by atomic mass is 15.4. The third-order valence-corrected chi connectivity index (χ3v) is 4.75. The first-order valence-corrected chi connectivity index (χ1v) is 8.23. The van der Waals surface area contributed by atoms with Gasteiger partial charge in [-0.3, -0.25) is 0 Å². The molecule has 5 heteroatoms. The van der Waals surface area contributed by atoms with Crippen LogP contribution in [0.5, 0.6) is 0 Å². The van der Waals surface area contributed by atoms with Crippen LogP contribution in [-0.4, -0.2) is 32.9 Å². The molecule has 2 aromatic heterocycles. The van der Waals surface area contributed by atoms with Gasteiger partial charge >= 0.3 is 0 Å². The van der Waals surface area contributed by atoms with Crippen molar-refractivity contribution in [1.82, 2.24) is 25.1 Å². The Morgan fingerprint density at radius 1 is 1.09 bits per heavy atom. The molecule has 0 spiro atoms. The third kappa shape index (κ3) is 2.61. The molecule has 0 unspecified atom stereocenters. The Morgan fingerprint density at radius 3 is 2.78 bits per heavy atom. The van der Waals surface area contributed by atoms with Gasteiger partial charge in [-0.1, -0.05) is 12.1 Å². The van der Waals surface area contributed by atoms with Gasteiger partial charge in [-0.2, -0.15) is 9.61 Å². The standard InChI is InChI=1S/C18H21N5/c1-12-5-6-14(10-13(12)2)16-7-8-17-20-21-18(23(17)22-16)15-4-3-9-19-11-15/h5-8,10,15,19H,3-4,9,11H2,1-2H3/t15-/m1/s1. The highest BCUT2D eigenvalue weighted by Crippen LogP contribution is 2.24. The van der Waals surface area contributed by atoms with Crippen molar-refractivity contribution in [3.63, 3.8) is 0 Å². The molecule has 0 amide bonds. The van der Waals surface area contributed by atoms with Crippen LogP contribution in [0.15, 0.2) is 30.3 Å². The molecule has 5 nitrogen and oxygen atoms in total. The van der Waals surface area contributed by atoms with E-state index >= 15 is 0 Å². The zero-order valence-corrected chi connectivity index (χ0v) is 13.6. The molecule has 1 atom stereocenters. The summed E-state index contributed by atoms with van der Waals surface area (Å²) >= 11 is 0. The van der Waals surface area contributed by atoms with Crippen LogP contribution in [0.4, 0.5) is 0 Å². The molecule has 1 aliphatic heterocycles. The number of aromatic nitrogens is 4. The number of nitrogens with one attached hydrogen (secondary N) is 1. The number of rotatable bonds is 2. The Hall–Kier alpha value is -2.27. The summed E-state index contributed by atoms with van der Waals surface area (Å²) in [4.78, 5) is 0. The van der Waals surface area contributed by atoms with E-state index in [1.165, 1.54) is 17.5 Å². The molecular weight excluding hydrogens is 286 g/mol. The third-order valence-electron chi connectivity index (χ3n) is 4.75. The Kier molecular flexibility index (Phi) is 3.58. The quantitative estimate of drug-likeness (QED) is 0.791. The van der Waals surface area contributed by atoms with Crippen LogP contribution in [0, 0.1) is 13.8 Å². The smallest absolute Gasteiger partial charge is 0.177 e. The Morgan fingerprint density at radius 2 is 2.00 bits per heavy atom. The van der Waals surface area contributed by atoms with Crippen molar-refractivity contribution in [3.8, 4) is 11.3 Å². The van der Waals surface area contributed by atoms with Crippen molar-refractivity contribution in [2.24, 2.45) is 0 Å². The second-order valence-corrected chi connectivity index (χ2v) is 6.39. The topological polar surface area (TPSA) is 55.1 Å². The molecule has 118 valence electrons. The van der Waals surface area contributed by atoms with Crippen LogP contribution in [0.1, 0.15) is 35.7 Å². The van der Waals surface area contributed by atoms with E-state index in [1.807, 2.05) is 16.6 Å². The normalized spacial score (nSPS) is 18.4. The molecule has 0 aliphatic carbocycles. The molecule has 3 heterocycles. The lowest BCUT2D eigenvalue weighted by molar-refractivity contribution is 0.440. The van der Waals surface area contributed by atoms with Gasteiger partial charge in [0.1, 0.15) is 0 Å². The van der Waals surface area contributed by atoms with Gasteiger partial charge in [0.15, 0.2) is 11.5 Å². The van der Waals surface area contributed by atoms with Crippen molar-refractivity contribution < 1.29 is 0 Å². The summed E-state index contributed by atoms with van der Waals surface area (Å²) in [6.07, 6.45) is 2.32. The molecule has 0 radical (unpaired) electrons. The largest absolute Gasteiger partial charge is 0.316 e. The summed E-state index contributed by atoms with van der Waals surface area (Å²) in [5, 5.41) is 16.9. The molecular formula is C18H21N5. The van der Waals surface area contributed by atoms with Crippen molar-refractivity contribution in [3.05, 3.63) is 47.3 Å². The lowest BCUT2D eigenvalue weighted by atomic mass is 9.99. The van der Waals surface area contributed by atoms with Gasteiger partial charge in [0.05, 0.1) is 5.69 Å². The fourth-order valence-corrected chi connectivity index (χ4v) is 3.19. The maximum Gasteiger partial charge on any atom is 0.177 e. The minimum absolute atomic E-state index is 0.390. The van der Waals surface area contributed by atoms with Crippen molar-refractivity contribution in [2.45, 2.75) is 32.6 Å². The van der Waals surface area contributed by atoms with Gasteiger partial charge < -0.3 is 5.32 Å². The lowest BCUT2D eigenvalue weighted by Gasteiger charge is -2.20. The monoisotopic (exact) mass is 307 g/mol. The molecule has 1 saturated heterocycles. The van der Waals surface area contributed by atoms with E-state index in [-0.39, 0.29) is 0 Å². The maximum absolute atomic E-state index is 4.82. The van der Waals surface area contributed by atoms with Gasteiger partial charge in [-0.15, -0.1) is 10.2 Å². The van der Waals surface area contributed by atoms with Gasteiger partial charge in [0.2, 0.25) is 0 Å². The number of aryl methyl sites for hydroxylation is 2. The van der Waals surface area contributed by atoms with Gasteiger partial charge in [0, 0.05) is 18.0 Å². The van der Waals surface area contributed by atoms with Crippen LogP contribution in [0.3, 0.4) is 0 Å². The average Bonchev–Trinajstić information content (AvgIpc) is 3.01. The summed E-state index contributed by atoms with van der Waals surface area (Å²) in [7, 11) is 0. The Labute approximate surface area is 135 Å². The van der Waals surface area contributed by atoms with Gasteiger partial charge in [0.25, 0.3) is 0 Å². The molecule has 3 aromatic rings. The first kappa shape index (κ1) is 14.3. The summed E-state index contributed by atoms with van der Waals surface area (Å²) < 4.78 is 1.92. The molecule has 1 aliphatic rings. The minimum atomic E-state index is 0.390. The zero-order valence-electron chi connectivity index (χ0n) is 13.6. The van der Waals surface area contributed by atoms with E-state index in [0.717, 1.165) is 42.2 Å². The van der Waals surface area contributed by atoms with E-state index in [0.29, 0.717) is 5.92 Å². The number of fused-ring (bicyclic) bond motifs is 1. The second kappa shape index (κ2) is 5.74. The highest BCUT2D eigenvalue weighted by Gasteiger charge is 2.21. The summed E-state index contributed by atoms with van der Waals surface area (Å²) in [6.45, 7) is 6.31. The van der Waals surface area contributed by atoms with E-state index in [2.05, 4.69) is 47.6 Å². The molecule has 23 heavy (non-hydrogen) atoms. The molecule has 1 aromatic carbocycles. The number of piperidine rings is 1. The fraction of sp³-hybridized carbons (Fsp3) is 0.389. The Bertz CT molecular complexity index is 846. The average molecular weight is 307 g/mol. The number of hydrogen-bond acceptors (Lipinski definition) is 4. The highest BCUT2D eigenvalue weighted by molar-refractivity contribution is 5.62. The maximum atomic E-state index is 4.82. The first-order chi connectivity index (χ1) is 11.2. The van der Waals surface area contributed by atoms with Crippen molar-refractivity contribution in [2.75, 3.05) is 13.1 Å². The van der Waals surface area contributed by atoms with E-state index in [9.17, 15) is 0 Å². The number of nitrogens with zero attached hydrogens (tertiary/aromatic N) is 4. The summed E-state index contributed by atoms with van der Waals surface area (Å²) in [6, 6.07) is 10.5. The van der Waals surface area contributed by atoms with Crippen molar-refractivity contribution in [1.29, 1.82) is 0 Å². The molecule has 1 N–H and O–H groups in total. The van der Waals surface area contributed by atoms with E-state index in [1.54, 1.807) is 0 Å². The molecule has 4 rings (SSSR count). The first-order valence-electron chi connectivity index (χ1n) is 8.23. The zero-order chi connectivity index (χ0) is 15.8. The van der Waals surface area contributed by atoms with Crippen LogP contribution in [0.2, 0.25) is 0 Å². The van der Waals surface area contributed by atoms with Crippen molar-refractivity contribution >= 4 is 5.65 Å². The fourth-order valence-electron chi connectivity index (χ4n) is 3.19. The predicted octanol–water partition coefficient (Wildman–Crippen LogP) is 2.88. The minimum Gasteiger partial charge on any atom is -0.316 e. The van der Waals surface area contributed by atoms with Crippen LogP contribution in [0.25, 0.3) is 16.9 Å². The SMILES string of the molecule is Cc1ccc(-c2ccc3nnc([C@@H]4CCCNC4)n3n2)cc1C. The molecule has 1 fully saturated rings. The lowest BCUT2D eigenvalue weighted by Crippen LogP contribution is -2.29. The molecule has 0 bridgehead atoms. The number of benzene rings is 1.